The molecule has 0 radical (unpaired) electrons. The first-order chi connectivity index (χ1) is 15.5. The molecule has 10 heteroatoms. The lowest BCUT2D eigenvalue weighted by molar-refractivity contribution is 0.630. The first-order valence-electron chi connectivity index (χ1n) is 9.91. The van der Waals surface area contributed by atoms with Crippen molar-refractivity contribution in [2.45, 2.75) is 19.8 Å². The second kappa shape index (κ2) is 8.01. The standard InChI is InChI=1S/C22H18ClFN8/c1-12(2)15-8-27-20(14-7-13(23)3-4-16(14)24)31-21(15)30-17-5-6-26-22-19(17)18(9-28-22)32-11-25-10-29-32/h3-12H,1-2H3,(H2,26,27,28,30,31). The molecule has 0 unspecified atom stereocenters. The van der Waals surface area contributed by atoms with Gasteiger partial charge in [0, 0.05) is 29.2 Å². The molecule has 0 aliphatic carbocycles. The fourth-order valence-corrected chi connectivity index (χ4v) is 3.67. The zero-order chi connectivity index (χ0) is 22.2. The Balaban J connectivity index is 1.65. The van der Waals surface area contributed by atoms with Crippen LogP contribution in [0.15, 0.2) is 55.5 Å². The highest BCUT2D eigenvalue weighted by Crippen LogP contribution is 2.33. The van der Waals surface area contributed by atoms with Crippen LogP contribution in [0, 0.1) is 5.82 Å². The third-order valence-corrected chi connectivity index (χ3v) is 5.31. The molecule has 2 N–H and O–H groups in total. The minimum Gasteiger partial charge on any atom is -0.344 e. The van der Waals surface area contributed by atoms with E-state index in [1.54, 1.807) is 23.4 Å². The number of aromatic amines is 1. The van der Waals surface area contributed by atoms with Gasteiger partial charge in [-0.05, 0) is 30.2 Å². The van der Waals surface area contributed by atoms with E-state index in [2.05, 4.69) is 35.3 Å². The number of halogens is 2. The average molecular weight is 449 g/mol. The van der Waals surface area contributed by atoms with E-state index in [0.29, 0.717) is 16.5 Å². The molecule has 4 heterocycles. The predicted molar refractivity (Wildman–Crippen MR) is 121 cm³/mol. The lowest BCUT2D eigenvalue weighted by Crippen LogP contribution is -2.05. The topological polar surface area (TPSA) is 97.2 Å². The number of aromatic nitrogens is 7. The number of benzene rings is 1. The minimum absolute atomic E-state index is 0.133. The van der Waals surface area contributed by atoms with Crippen LogP contribution in [0.5, 0.6) is 0 Å². The van der Waals surface area contributed by atoms with Crippen LogP contribution in [0.4, 0.5) is 15.9 Å². The molecule has 0 amide bonds. The Kier molecular flexibility index (Phi) is 5.02. The molecule has 0 aliphatic heterocycles. The van der Waals surface area contributed by atoms with Crippen LogP contribution >= 0.6 is 11.6 Å². The normalized spacial score (nSPS) is 11.4. The smallest absolute Gasteiger partial charge is 0.164 e. The average Bonchev–Trinajstić information content (AvgIpc) is 3.45. The fourth-order valence-electron chi connectivity index (χ4n) is 3.50. The van der Waals surface area contributed by atoms with E-state index in [4.69, 9.17) is 11.6 Å². The van der Waals surface area contributed by atoms with Gasteiger partial charge in [-0.15, -0.1) is 0 Å². The Bertz CT molecular complexity index is 1410. The van der Waals surface area contributed by atoms with Gasteiger partial charge in [-0.3, -0.25) is 0 Å². The van der Waals surface area contributed by atoms with Gasteiger partial charge in [0.25, 0.3) is 0 Å². The number of hydrogen-bond acceptors (Lipinski definition) is 6. The van der Waals surface area contributed by atoms with Crippen LogP contribution in [0.2, 0.25) is 5.02 Å². The van der Waals surface area contributed by atoms with Crippen LogP contribution < -0.4 is 5.32 Å². The van der Waals surface area contributed by atoms with Gasteiger partial charge in [-0.25, -0.2) is 29.0 Å². The van der Waals surface area contributed by atoms with Crippen LogP contribution in [0.1, 0.15) is 25.3 Å². The summed E-state index contributed by atoms with van der Waals surface area (Å²) in [5.41, 5.74) is 3.36. The monoisotopic (exact) mass is 448 g/mol. The van der Waals surface area contributed by atoms with E-state index < -0.39 is 5.82 Å². The lowest BCUT2D eigenvalue weighted by Gasteiger charge is -2.16. The van der Waals surface area contributed by atoms with E-state index in [1.165, 1.54) is 24.5 Å². The molecule has 1 aromatic carbocycles. The third-order valence-electron chi connectivity index (χ3n) is 5.08. The van der Waals surface area contributed by atoms with E-state index >= 15 is 0 Å². The molecule has 0 saturated heterocycles. The molecule has 0 aliphatic rings. The quantitative estimate of drug-likeness (QED) is 0.380. The summed E-state index contributed by atoms with van der Waals surface area (Å²) in [5, 5.41) is 8.86. The molecule has 4 aromatic heterocycles. The van der Waals surface area contributed by atoms with Crippen LogP contribution in [-0.2, 0) is 0 Å². The lowest BCUT2D eigenvalue weighted by atomic mass is 10.1. The van der Waals surface area contributed by atoms with E-state index in [9.17, 15) is 4.39 Å². The van der Waals surface area contributed by atoms with Crippen molar-refractivity contribution in [3.05, 3.63) is 71.9 Å². The number of hydrogen-bond donors (Lipinski definition) is 2. The Hall–Kier alpha value is -3.85. The summed E-state index contributed by atoms with van der Waals surface area (Å²) in [6, 6.07) is 6.17. The summed E-state index contributed by atoms with van der Waals surface area (Å²) in [7, 11) is 0. The maximum Gasteiger partial charge on any atom is 0.164 e. The van der Waals surface area contributed by atoms with Crippen molar-refractivity contribution in [1.82, 2.24) is 34.7 Å². The number of rotatable bonds is 5. The first kappa shape index (κ1) is 20.1. The zero-order valence-corrected chi connectivity index (χ0v) is 18.0. The molecule has 0 saturated carbocycles. The summed E-state index contributed by atoms with van der Waals surface area (Å²) < 4.78 is 16.1. The van der Waals surface area contributed by atoms with Gasteiger partial charge < -0.3 is 10.3 Å². The number of nitrogens with zero attached hydrogens (tertiary/aromatic N) is 6. The number of nitrogens with one attached hydrogen (secondary N) is 2. The van der Waals surface area contributed by atoms with E-state index in [0.717, 1.165) is 22.3 Å². The molecular weight excluding hydrogens is 431 g/mol. The summed E-state index contributed by atoms with van der Waals surface area (Å²) in [6.07, 6.45) is 8.30. The second-order valence-corrected chi connectivity index (χ2v) is 7.93. The van der Waals surface area contributed by atoms with E-state index in [1.807, 2.05) is 26.1 Å². The molecule has 160 valence electrons. The number of H-pyrrole nitrogens is 1. The summed E-state index contributed by atoms with van der Waals surface area (Å²) in [6.45, 7) is 4.09. The summed E-state index contributed by atoms with van der Waals surface area (Å²) >= 11 is 6.08. The van der Waals surface area contributed by atoms with Crippen LogP contribution in [-0.4, -0.2) is 34.7 Å². The highest BCUT2D eigenvalue weighted by molar-refractivity contribution is 6.30. The highest BCUT2D eigenvalue weighted by Gasteiger charge is 2.18. The van der Waals surface area contributed by atoms with Gasteiger partial charge in [-0.1, -0.05) is 25.4 Å². The van der Waals surface area contributed by atoms with Crippen LogP contribution in [0.25, 0.3) is 28.1 Å². The number of pyridine rings is 1. The molecular formula is C22H18ClFN8. The molecule has 8 nitrogen and oxygen atoms in total. The Morgan fingerprint density at radius 3 is 2.84 bits per heavy atom. The third kappa shape index (κ3) is 3.56. The predicted octanol–water partition coefficient (Wildman–Crippen LogP) is 5.26. The molecule has 32 heavy (non-hydrogen) atoms. The second-order valence-electron chi connectivity index (χ2n) is 7.50. The van der Waals surface area contributed by atoms with Crippen LogP contribution in [0.3, 0.4) is 0 Å². The van der Waals surface area contributed by atoms with Gasteiger partial charge >= 0.3 is 0 Å². The largest absolute Gasteiger partial charge is 0.344 e. The minimum atomic E-state index is -0.442. The molecule has 5 aromatic rings. The van der Waals surface area contributed by atoms with Crippen molar-refractivity contribution in [2.75, 3.05) is 5.32 Å². The number of fused-ring (bicyclic) bond motifs is 1. The molecule has 0 bridgehead atoms. The summed E-state index contributed by atoms with van der Waals surface area (Å²) in [5.74, 6) is 0.507. The Morgan fingerprint density at radius 1 is 1.19 bits per heavy atom. The van der Waals surface area contributed by atoms with Crippen molar-refractivity contribution in [3.8, 4) is 17.1 Å². The van der Waals surface area contributed by atoms with Gasteiger partial charge in [-0.2, -0.15) is 5.10 Å². The van der Waals surface area contributed by atoms with Gasteiger partial charge in [0.1, 0.15) is 29.9 Å². The zero-order valence-electron chi connectivity index (χ0n) is 17.2. The molecule has 5 rings (SSSR count). The van der Waals surface area contributed by atoms with Crippen molar-refractivity contribution in [1.29, 1.82) is 0 Å². The summed E-state index contributed by atoms with van der Waals surface area (Å²) in [4.78, 5) is 20.6. The first-order valence-corrected chi connectivity index (χ1v) is 10.3. The molecule has 0 atom stereocenters. The molecule has 0 fully saturated rings. The van der Waals surface area contributed by atoms with Crippen molar-refractivity contribution < 1.29 is 4.39 Å². The maximum absolute atomic E-state index is 14.5. The SMILES string of the molecule is CC(C)c1cnc(-c2cc(Cl)ccc2F)nc1Nc1ccnc2[nH]cc(-n3cncn3)c12. The maximum atomic E-state index is 14.5. The Morgan fingerprint density at radius 2 is 2.06 bits per heavy atom. The van der Waals surface area contributed by atoms with Gasteiger partial charge in [0.05, 0.1) is 22.3 Å². The number of anilines is 2. The molecule has 0 spiro atoms. The van der Waals surface area contributed by atoms with Gasteiger partial charge in [0.2, 0.25) is 0 Å². The van der Waals surface area contributed by atoms with Crippen molar-refractivity contribution in [3.63, 3.8) is 0 Å². The highest BCUT2D eigenvalue weighted by atomic mass is 35.5. The van der Waals surface area contributed by atoms with E-state index in [-0.39, 0.29) is 17.3 Å². The van der Waals surface area contributed by atoms with Gasteiger partial charge in [0.15, 0.2) is 5.82 Å². The Labute approximate surface area is 187 Å². The van der Waals surface area contributed by atoms with Crippen molar-refractivity contribution in [2.24, 2.45) is 0 Å². The fraction of sp³-hybridized carbons (Fsp3) is 0.136. The van der Waals surface area contributed by atoms with Crippen molar-refractivity contribution >= 4 is 34.1 Å².